The van der Waals surface area contributed by atoms with Gasteiger partial charge >= 0.3 is 12.2 Å². The van der Waals surface area contributed by atoms with Gasteiger partial charge in [-0.15, -0.1) is 0 Å². The summed E-state index contributed by atoms with van der Waals surface area (Å²) in [5.41, 5.74) is -0.667. The van der Waals surface area contributed by atoms with E-state index in [-0.39, 0.29) is 0 Å². The van der Waals surface area contributed by atoms with Gasteiger partial charge in [0.05, 0.1) is 0 Å². The number of imide groups is 1. The maximum atomic E-state index is 10.6. The van der Waals surface area contributed by atoms with Crippen molar-refractivity contribution < 1.29 is 19.4 Å². The second kappa shape index (κ2) is 3.23. The average molecular weight is 161 g/mol. The van der Waals surface area contributed by atoms with Crippen molar-refractivity contribution in [1.82, 2.24) is 5.32 Å². The first-order valence-corrected chi connectivity index (χ1v) is 3.04. The average Bonchev–Trinajstić information content (AvgIpc) is 1.53. The predicted octanol–water partition coefficient (Wildman–Crippen LogP) is 1.19. The lowest BCUT2D eigenvalue weighted by Crippen LogP contribution is -2.35. The summed E-state index contributed by atoms with van der Waals surface area (Å²) in [5, 5.41) is 9.62. The van der Waals surface area contributed by atoms with Crippen LogP contribution in [-0.2, 0) is 4.74 Å². The molecule has 5 nitrogen and oxygen atoms in total. The first-order chi connectivity index (χ1) is 4.81. The van der Waals surface area contributed by atoms with Crippen molar-refractivity contribution in [3.63, 3.8) is 0 Å². The van der Waals surface area contributed by atoms with E-state index in [1.807, 2.05) is 0 Å². The van der Waals surface area contributed by atoms with Gasteiger partial charge in [-0.3, -0.25) is 0 Å². The van der Waals surface area contributed by atoms with Gasteiger partial charge in [-0.1, -0.05) is 0 Å². The molecule has 5 heteroatoms. The quantitative estimate of drug-likeness (QED) is 0.559. The number of hydrogen-bond acceptors (Lipinski definition) is 3. The minimum Gasteiger partial charge on any atom is -0.465 e. The Morgan fingerprint density at radius 2 is 1.82 bits per heavy atom. The lowest BCUT2D eigenvalue weighted by atomic mass is 10.2. The summed E-state index contributed by atoms with van der Waals surface area (Å²) >= 11 is 0. The molecule has 0 aliphatic carbocycles. The number of alkyl carbamates (subject to hydrolysis) is 1. The summed E-state index contributed by atoms with van der Waals surface area (Å²) in [6.45, 7) is 4.94. The Morgan fingerprint density at radius 3 is 2.09 bits per heavy atom. The molecule has 0 rings (SSSR count). The smallest absolute Gasteiger partial charge is 0.417 e. The Kier molecular flexibility index (Phi) is 2.86. The van der Waals surface area contributed by atoms with Crippen LogP contribution in [0.2, 0.25) is 0 Å². The molecule has 0 atom stereocenters. The second-order valence-electron chi connectivity index (χ2n) is 2.93. The van der Waals surface area contributed by atoms with Gasteiger partial charge in [0.25, 0.3) is 0 Å². The Bertz CT molecular complexity index is 170. The second-order valence-corrected chi connectivity index (χ2v) is 2.93. The first-order valence-electron chi connectivity index (χ1n) is 3.04. The Morgan fingerprint density at radius 1 is 1.36 bits per heavy atom. The molecule has 0 heterocycles. The normalized spacial score (nSPS) is 10.5. The third-order valence-corrected chi connectivity index (χ3v) is 0.608. The summed E-state index contributed by atoms with van der Waals surface area (Å²) in [4.78, 5) is 20.4. The van der Waals surface area contributed by atoms with Crippen molar-refractivity contribution in [2.24, 2.45) is 0 Å². The number of hydrogen-bond donors (Lipinski definition) is 2. The van der Waals surface area contributed by atoms with Gasteiger partial charge < -0.3 is 9.84 Å². The van der Waals surface area contributed by atoms with E-state index in [2.05, 4.69) is 4.74 Å². The van der Waals surface area contributed by atoms with Crippen LogP contribution in [-0.4, -0.2) is 22.9 Å². The lowest BCUT2D eigenvalue weighted by Gasteiger charge is -2.18. The standard InChI is InChI=1S/C6H11NO4/c1-6(2,3)11-5(10)7-4(8)9/h1-3H3,(H,7,10)(H,8,9). The van der Waals surface area contributed by atoms with Crippen LogP contribution < -0.4 is 5.32 Å². The molecule has 0 fully saturated rings. The molecular formula is C6H11NO4. The SMILES string of the molecule is CC(C)(C)OC(=O)NC(=O)O. The fraction of sp³-hybridized carbons (Fsp3) is 0.667. The molecule has 0 aliphatic rings. The van der Waals surface area contributed by atoms with Crippen molar-refractivity contribution in [3.05, 3.63) is 0 Å². The van der Waals surface area contributed by atoms with Crippen LogP contribution >= 0.6 is 0 Å². The molecule has 0 bridgehead atoms. The number of carboxylic acid groups (broad SMARTS) is 1. The number of carbonyl (C=O) groups excluding carboxylic acids is 1. The molecule has 11 heavy (non-hydrogen) atoms. The monoisotopic (exact) mass is 161 g/mol. The van der Waals surface area contributed by atoms with E-state index in [1.54, 1.807) is 26.1 Å². The van der Waals surface area contributed by atoms with E-state index in [1.165, 1.54) is 0 Å². The van der Waals surface area contributed by atoms with Gasteiger partial charge in [-0.25, -0.2) is 14.9 Å². The highest BCUT2D eigenvalue weighted by molar-refractivity contribution is 5.86. The van der Waals surface area contributed by atoms with Crippen molar-refractivity contribution in [1.29, 1.82) is 0 Å². The largest absolute Gasteiger partial charge is 0.465 e. The van der Waals surface area contributed by atoms with Crippen molar-refractivity contribution >= 4 is 12.2 Å². The van der Waals surface area contributed by atoms with E-state index < -0.39 is 17.8 Å². The maximum absolute atomic E-state index is 10.6. The summed E-state index contributed by atoms with van der Waals surface area (Å²) in [6.07, 6.45) is -2.37. The van der Waals surface area contributed by atoms with Crippen molar-refractivity contribution in [3.8, 4) is 0 Å². The highest BCUT2D eigenvalue weighted by Gasteiger charge is 2.17. The predicted molar refractivity (Wildman–Crippen MR) is 37.4 cm³/mol. The molecule has 0 aromatic heterocycles. The fourth-order valence-corrected chi connectivity index (χ4v) is 0.391. The van der Waals surface area contributed by atoms with Gasteiger partial charge in [0.15, 0.2) is 0 Å². The Hall–Kier alpha value is -1.26. The van der Waals surface area contributed by atoms with Crippen LogP contribution in [0.4, 0.5) is 9.59 Å². The molecule has 0 aliphatic heterocycles. The third-order valence-electron chi connectivity index (χ3n) is 0.608. The molecule has 0 saturated carbocycles. The molecule has 0 aromatic rings. The number of rotatable bonds is 0. The van der Waals surface area contributed by atoms with Crippen LogP contribution in [0.25, 0.3) is 0 Å². The molecule has 64 valence electrons. The van der Waals surface area contributed by atoms with E-state index in [0.29, 0.717) is 0 Å². The zero-order chi connectivity index (χ0) is 9.07. The van der Waals surface area contributed by atoms with Gasteiger partial charge in [-0.2, -0.15) is 0 Å². The topological polar surface area (TPSA) is 75.6 Å². The minimum atomic E-state index is -1.42. The van der Waals surface area contributed by atoms with E-state index in [4.69, 9.17) is 5.11 Å². The molecule has 2 amide bonds. The van der Waals surface area contributed by atoms with Crippen LogP contribution in [0, 0.1) is 0 Å². The lowest BCUT2D eigenvalue weighted by molar-refractivity contribution is 0.0530. The van der Waals surface area contributed by atoms with Crippen LogP contribution in [0.5, 0.6) is 0 Å². The molecule has 0 radical (unpaired) electrons. The highest BCUT2D eigenvalue weighted by Crippen LogP contribution is 2.05. The molecule has 0 spiro atoms. The van der Waals surface area contributed by atoms with Crippen molar-refractivity contribution in [2.45, 2.75) is 26.4 Å². The van der Waals surface area contributed by atoms with Gasteiger partial charge in [-0.05, 0) is 20.8 Å². The summed E-state index contributed by atoms with van der Waals surface area (Å²) in [5.74, 6) is 0. The zero-order valence-electron chi connectivity index (χ0n) is 6.67. The highest BCUT2D eigenvalue weighted by atomic mass is 16.6. The first kappa shape index (κ1) is 9.74. The molecule has 0 aromatic carbocycles. The van der Waals surface area contributed by atoms with Gasteiger partial charge in [0.2, 0.25) is 0 Å². The molecular weight excluding hydrogens is 150 g/mol. The summed E-state index contributed by atoms with van der Waals surface area (Å²) in [7, 11) is 0. The van der Waals surface area contributed by atoms with E-state index >= 15 is 0 Å². The van der Waals surface area contributed by atoms with Crippen LogP contribution in [0.15, 0.2) is 0 Å². The zero-order valence-corrected chi connectivity index (χ0v) is 6.67. The number of amides is 2. The van der Waals surface area contributed by atoms with Crippen LogP contribution in [0.3, 0.4) is 0 Å². The van der Waals surface area contributed by atoms with E-state index in [0.717, 1.165) is 0 Å². The van der Waals surface area contributed by atoms with Gasteiger partial charge in [0, 0.05) is 0 Å². The third kappa shape index (κ3) is 6.63. The molecule has 0 unspecified atom stereocenters. The molecule has 0 saturated heterocycles. The molecule has 2 N–H and O–H groups in total. The summed E-state index contributed by atoms with van der Waals surface area (Å²) < 4.78 is 4.62. The Labute approximate surface area is 64.3 Å². The summed E-state index contributed by atoms with van der Waals surface area (Å²) in [6, 6.07) is 0. The van der Waals surface area contributed by atoms with Crippen molar-refractivity contribution in [2.75, 3.05) is 0 Å². The fourth-order valence-electron chi connectivity index (χ4n) is 0.391. The Balaban J connectivity index is 3.80. The minimum absolute atomic E-state index is 0.667. The number of nitrogens with one attached hydrogen (secondary N) is 1. The van der Waals surface area contributed by atoms with E-state index in [9.17, 15) is 9.59 Å². The number of ether oxygens (including phenoxy) is 1. The number of carbonyl (C=O) groups is 2. The van der Waals surface area contributed by atoms with Gasteiger partial charge in [0.1, 0.15) is 5.60 Å². The van der Waals surface area contributed by atoms with Crippen LogP contribution in [0.1, 0.15) is 20.8 Å². The maximum Gasteiger partial charge on any atom is 0.417 e.